The maximum atomic E-state index is 13.1. The number of amides is 1. The Balaban J connectivity index is 1.90. The minimum Gasteiger partial charge on any atom is -0.298 e. The van der Waals surface area contributed by atoms with Gasteiger partial charge in [-0.25, -0.2) is 10.0 Å². The third-order valence-electron chi connectivity index (χ3n) is 4.09. The van der Waals surface area contributed by atoms with Crippen molar-refractivity contribution in [1.82, 2.24) is 10.3 Å². The third-order valence-corrected chi connectivity index (χ3v) is 4.84. The molecule has 2 aromatic rings. The van der Waals surface area contributed by atoms with Gasteiger partial charge in [0, 0.05) is 10.8 Å². The normalized spacial score (nSPS) is 18.3. The van der Waals surface area contributed by atoms with Crippen LogP contribution in [0.15, 0.2) is 64.7 Å². The standard InChI is InChI=1S/C19H16N4O2S/c1-2-26-19-21-18(25)15-13-10-6-7-11-14(13)20-17(23(15)22-19)16(24)12-8-4-3-5-9-12/h3-11,17H,2H2,1H3,(H,21,22,25). The van der Waals surface area contributed by atoms with Gasteiger partial charge in [0.1, 0.15) is 5.70 Å². The molecular weight excluding hydrogens is 348 g/mol. The number of rotatable bonds is 3. The Labute approximate surface area is 154 Å². The van der Waals surface area contributed by atoms with E-state index in [9.17, 15) is 9.59 Å². The maximum absolute atomic E-state index is 13.1. The lowest BCUT2D eigenvalue weighted by Crippen LogP contribution is -2.54. The topological polar surface area (TPSA) is 74.1 Å². The van der Waals surface area contributed by atoms with Gasteiger partial charge in [-0.15, -0.1) is 5.10 Å². The Morgan fingerprint density at radius 1 is 1.15 bits per heavy atom. The molecule has 6 nitrogen and oxygen atoms in total. The molecule has 1 N–H and O–H groups in total. The van der Waals surface area contributed by atoms with Crippen LogP contribution in [0.3, 0.4) is 0 Å². The summed E-state index contributed by atoms with van der Waals surface area (Å²) < 4.78 is 0. The highest BCUT2D eigenvalue weighted by Crippen LogP contribution is 2.22. The van der Waals surface area contributed by atoms with Crippen LogP contribution in [0, 0.1) is 0 Å². The molecule has 1 atom stereocenters. The summed E-state index contributed by atoms with van der Waals surface area (Å²) in [5.41, 5.74) is 0.885. The number of para-hydroxylation sites is 1. The van der Waals surface area contributed by atoms with Crippen LogP contribution >= 0.6 is 11.8 Å². The number of ketones is 1. The molecule has 0 saturated heterocycles. The average molecular weight is 364 g/mol. The van der Waals surface area contributed by atoms with Gasteiger partial charge >= 0.3 is 0 Å². The second kappa shape index (κ2) is 6.76. The molecule has 2 aliphatic rings. The maximum Gasteiger partial charge on any atom is 0.276 e. The molecule has 2 heterocycles. The van der Waals surface area contributed by atoms with Crippen molar-refractivity contribution < 1.29 is 9.59 Å². The van der Waals surface area contributed by atoms with Crippen molar-refractivity contribution in [3.05, 3.63) is 70.7 Å². The summed E-state index contributed by atoms with van der Waals surface area (Å²) >= 11 is 1.41. The van der Waals surface area contributed by atoms with Gasteiger partial charge in [0.15, 0.2) is 5.17 Å². The predicted molar refractivity (Wildman–Crippen MR) is 101 cm³/mol. The molecule has 0 aromatic heterocycles. The van der Waals surface area contributed by atoms with Gasteiger partial charge in [-0.2, -0.15) is 0 Å². The number of hydrogen-bond donors (Lipinski definition) is 1. The summed E-state index contributed by atoms with van der Waals surface area (Å²) in [6.45, 7) is 1.97. The summed E-state index contributed by atoms with van der Waals surface area (Å²) in [4.78, 5) is 30.4. The number of Topliss-reactive ketones (excluding diaryl/α,β-unsaturated/α-hetero) is 1. The second-order valence-electron chi connectivity index (χ2n) is 5.74. The van der Waals surface area contributed by atoms with Gasteiger partial charge < -0.3 is 0 Å². The van der Waals surface area contributed by atoms with Gasteiger partial charge in [0.05, 0.1) is 5.36 Å². The fraction of sp³-hybridized carbons (Fsp3) is 0.158. The van der Waals surface area contributed by atoms with Crippen LogP contribution in [0.25, 0.3) is 5.70 Å². The van der Waals surface area contributed by atoms with Crippen LogP contribution in [-0.2, 0) is 4.79 Å². The zero-order chi connectivity index (χ0) is 18.1. The number of nitrogens with one attached hydrogen (secondary N) is 1. The molecule has 130 valence electrons. The van der Waals surface area contributed by atoms with Crippen LogP contribution in [0.1, 0.15) is 17.3 Å². The fourth-order valence-electron chi connectivity index (χ4n) is 2.95. The van der Waals surface area contributed by atoms with E-state index in [1.807, 2.05) is 31.2 Å². The van der Waals surface area contributed by atoms with Crippen LogP contribution < -0.4 is 15.9 Å². The molecule has 2 aromatic carbocycles. The molecule has 2 aliphatic heterocycles. The van der Waals surface area contributed by atoms with E-state index < -0.39 is 6.17 Å². The fourth-order valence-corrected chi connectivity index (χ4v) is 3.54. The molecule has 0 saturated carbocycles. The first kappa shape index (κ1) is 16.5. The first-order valence-electron chi connectivity index (χ1n) is 8.27. The molecule has 1 amide bonds. The smallest absolute Gasteiger partial charge is 0.276 e. The largest absolute Gasteiger partial charge is 0.298 e. The van der Waals surface area contributed by atoms with Gasteiger partial charge in [0.25, 0.3) is 5.91 Å². The Morgan fingerprint density at radius 2 is 1.88 bits per heavy atom. The molecule has 4 rings (SSSR count). The lowest BCUT2D eigenvalue weighted by molar-refractivity contribution is -0.115. The Kier molecular flexibility index (Phi) is 4.30. The van der Waals surface area contributed by atoms with Crippen LogP contribution in [0.4, 0.5) is 0 Å². The van der Waals surface area contributed by atoms with E-state index in [1.54, 1.807) is 30.3 Å². The molecule has 1 unspecified atom stereocenters. The molecule has 0 aliphatic carbocycles. The lowest BCUT2D eigenvalue weighted by Gasteiger charge is -2.33. The molecule has 0 bridgehead atoms. The number of fused-ring (bicyclic) bond motifs is 2. The van der Waals surface area contributed by atoms with Gasteiger partial charge in [-0.1, -0.05) is 67.2 Å². The van der Waals surface area contributed by atoms with Crippen molar-refractivity contribution in [1.29, 1.82) is 0 Å². The van der Waals surface area contributed by atoms with Crippen LogP contribution in [0.5, 0.6) is 0 Å². The summed E-state index contributed by atoms with van der Waals surface area (Å²) in [5, 5.41) is 10.5. The number of carbonyl (C=O) groups is 2. The minimum absolute atomic E-state index is 0.197. The number of benzene rings is 2. The number of hydrogen-bond acceptors (Lipinski definition) is 6. The third kappa shape index (κ3) is 2.80. The molecule has 26 heavy (non-hydrogen) atoms. The molecular formula is C19H16N4O2S. The molecule has 0 fully saturated rings. The predicted octanol–water partition coefficient (Wildman–Crippen LogP) is 1.09. The number of nitrogens with zero attached hydrogens (tertiary/aromatic N) is 3. The second-order valence-corrected chi connectivity index (χ2v) is 6.99. The van der Waals surface area contributed by atoms with Crippen molar-refractivity contribution >= 4 is 34.3 Å². The molecule has 7 heteroatoms. The van der Waals surface area contributed by atoms with E-state index in [-0.39, 0.29) is 11.7 Å². The molecule has 0 spiro atoms. The van der Waals surface area contributed by atoms with Crippen molar-refractivity contribution in [2.75, 3.05) is 5.75 Å². The van der Waals surface area contributed by atoms with Crippen molar-refractivity contribution in [2.24, 2.45) is 10.1 Å². The minimum atomic E-state index is -0.902. The number of amidine groups is 1. The van der Waals surface area contributed by atoms with Gasteiger partial charge in [0.2, 0.25) is 11.9 Å². The van der Waals surface area contributed by atoms with E-state index in [1.165, 1.54) is 16.8 Å². The van der Waals surface area contributed by atoms with E-state index in [2.05, 4.69) is 15.4 Å². The Morgan fingerprint density at radius 3 is 2.65 bits per heavy atom. The zero-order valence-electron chi connectivity index (χ0n) is 14.0. The zero-order valence-corrected chi connectivity index (χ0v) is 14.9. The Bertz CT molecular complexity index is 1030. The van der Waals surface area contributed by atoms with Crippen molar-refractivity contribution in [2.45, 2.75) is 13.1 Å². The van der Waals surface area contributed by atoms with Crippen LogP contribution in [0.2, 0.25) is 0 Å². The highest BCUT2D eigenvalue weighted by molar-refractivity contribution is 8.13. The molecule has 0 radical (unpaired) electrons. The first-order chi connectivity index (χ1) is 12.7. The number of hydrazone groups is 1. The number of carbonyl (C=O) groups excluding carboxylic acids is 2. The first-order valence-corrected chi connectivity index (χ1v) is 9.26. The SMILES string of the molecule is CCSC1=NN2C(=c3ccccc3=NC2C(=O)c2ccccc2)C(=O)N1. The van der Waals surface area contributed by atoms with E-state index in [0.717, 1.165) is 5.75 Å². The lowest BCUT2D eigenvalue weighted by atomic mass is 10.1. The van der Waals surface area contributed by atoms with E-state index >= 15 is 0 Å². The number of thioether (sulfide) groups is 1. The summed E-state index contributed by atoms with van der Waals surface area (Å²) in [6.07, 6.45) is -0.902. The van der Waals surface area contributed by atoms with Crippen molar-refractivity contribution in [3.63, 3.8) is 0 Å². The summed E-state index contributed by atoms with van der Waals surface area (Å²) in [5.74, 6) is 0.286. The van der Waals surface area contributed by atoms with Crippen LogP contribution in [-0.4, -0.2) is 33.8 Å². The summed E-state index contributed by atoms with van der Waals surface area (Å²) in [7, 11) is 0. The highest BCUT2D eigenvalue weighted by Gasteiger charge is 2.37. The van der Waals surface area contributed by atoms with Gasteiger partial charge in [-0.3, -0.25) is 14.9 Å². The van der Waals surface area contributed by atoms with E-state index in [4.69, 9.17) is 0 Å². The monoisotopic (exact) mass is 364 g/mol. The van der Waals surface area contributed by atoms with E-state index in [0.29, 0.717) is 27.0 Å². The Hall–Kier alpha value is -2.93. The quantitative estimate of drug-likeness (QED) is 0.828. The van der Waals surface area contributed by atoms with Crippen molar-refractivity contribution in [3.8, 4) is 0 Å². The summed E-state index contributed by atoms with van der Waals surface area (Å²) in [6, 6.07) is 16.2. The highest BCUT2D eigenvalue weighted by atomic mass is 32.2. The average Bonchev–Trinajstić information content (AvgIpc) is 2.67. The van der Waals surface area contributed by atoms with Gasteiger partial charge in [-0.05, 0) is 11.8 Å².